The molecule has 1 aromatic rings. The van der Waals surface area contributed by atoms with Crippen molar-refractivity contribution >= 4 is 17.5 Å². The Morgan fingerprint density at radius 1 is 1.33 bits per heavy atom. The number of amides is 1. The Morgan fingerprint density at radius 2 is 2.00 bits per heavy atom. The predicted octanol–water partition coefficient (Wildman–Crippen LogP) is 2.94. The van der Waals surface area contributed by atoms with Crippen LogP contribution in [-0.4, -0.2) is 24.6 Å². The Hall–Kier alpha value is -1.40. The van der Waals surface area contributed by atoms with Gasteiger partial charge in [-0.05, 0) is 39.0 Å². The molecule has 0 aliphatic carbocycles. The zero-order chi connectivity index (χ0) is 16.0. The molecule has 0 saturated heterocycles. The van der Waals surface area contributed by atoms with Crippen LogP contribution in [0, 0.1) is 0 Å². The smallest absolute Gasteiger partial charge is 0.387 e. The van der Waals surface area contributed by atoms with E-state index in [4.69, 9.17) is 11.6 Å². The SMILES string of the molecule is CC(C)NC(=O)C(C)NCc1cc(Cl)ccc1OC(F)F. The van der Waals surface area contributed by atoms with Crippen LogP contribution in [0.15, 0.2) is 18.2 Å². The van der Waals surface area contributed by atoms with E-state index >= 15 is 0 Å². The fourth-order valence-corrected chi connectivity index (χ4v) is 1.86. The summed E-state index contributed by atoms with van der Waals surface area (Å²) in [7, 11) is 0. The second-order valence-corrected chi connectivity index (χ2v) is 5.33. The van der Waals surface area contributed by atoms with Crippen LogP contribution in [0.2, 0.25) is 5.02 Å². The Labute approximate surface area is 127 Å². The van der Waals surface area contributed by atoms with Crippen molar-refractivity contribution in [2.75, 3.05) is 0 Å². The molecule has 0 bridgehead atoms. The van der Waals surface area contributed by atoms with Gasteiger partial charge in [-0.25, -0.2) is 0 Å². The number of halogens is 3. The molecule has 1 aromatic carbocycles. The number of benzene rings is 1. The van der Waals surface area contributed by atoms with Gasteiger partial charge < -0.3 is 15.4 Å². The topological polar surface area (TPSA) is 50.4 Å². The molecule has 2 N–H and O–H groups in total. The van der Waals surface area contributed by atoms with Crippen LogP contribution in [0.25, 0.3) is 0 Å². The highest BCUT2D eigenvalue weighted by Gasteiger charge is 2.15. The summed E-state index contributed by atoms with van der Waals surface area (Å²) in [5, 5.41) is 6.12. The van der Waals surface area contributed by atoms with Crippen molar-refractivity contribution in [3.05, 3.63) is 28.8 Å². The van der Waals surface area contributed by atoms with Gasteiger partial charge in [0.15, 0.2) is 0 Å². The molecule has 21 heavy (non-hydrogen) atoms. The Morgan fingerprint density at radius 3 is 2.57 bits per heavy atom. The molecule has 4 nitrogen and oxygen atoms in total. The number of carbonyl (C=O) groups is 1. The van der Waals surface area contributed by atoms with E-state index < -0.39 is 12.7 Å². The summed E-state index contributed by atoms with van der Waals surface area (Å²) >= 11 is 5.85. The van der Waals surface area contributed by atoms with Crippen molar-refractivity contribution in [3.63, 3.8) is 0 Å². The average Bonchev–Trinajstić information content (AvgIpc) is 2.37. The van der Waals surface area contributed by atoms with Gasteiger partial charge in [-0.15, -0.1) is 0 Å². The number of hydrogen-bond acceptors (Lipinski definition) is 3. The van der Waals surface area contributed by atoms with Gasteiger partial charge in [0.25, 0.3) is 0 Å². The molecule has 0 aliphatic heterocycles. The Balaban J connectivity index is 2.69. The molecular weight excluding hydrogens is 302 g/mol. The number of nitrogens with one attached hydrogen (secondary N) is 2. The Bertz CT molecular complexity index is 484. The lowest BCUT2D eigenvalue weighted by molar-refractivity contribution is -0.123. The maximum atomic E-state index is 12.3. The van der Waals surface area contributed by atoms with E-state index in [1.807, 2.05) is 13.8 Å². The molecule has 1 atom stereocenters. The normalized spacial score (nSPS) is 12.6. The van der Waals surface area contributed by atoms with Gasteiger partial charge in [0, 0.05) is 23.2 Å². The lowest BCUT2D eigenvalue weighted by atomic mass is 10.2. The number of carbonyl (C=O) groups excluding carboxylic acids is 1. The molecule has 1 unspecified atom stereocenters. The molecule has 118 valence electrons. The molecule has 7 heteroatoms. The minimum atomic E-state index is -2.91. The molecule has 1 amide bonds. The minimum Gasteiger partial charge on any atom is -0.434 e. The van der Waals surface area contributed by atoms with Gasteiger partial charge in [0.1, 0.15) is 5.75 Å². The highest BCUT2D eigenvalue weighted by Crippen LogP contribution is 2.24. The number of ether oxygens (including phenoxy) is 1. The number of hydrogen-bond donors (Lipinski definition) is 2. The maximum absolute atomic E-state index is 12.3. The van der Waals surface area contributed by atoms with Gasteiger partial charge in [-0.1, -0.05) is 11.6 Å². The number of rotatable bonds is 7. The fourth-order valence-electron chi connectivity index (χ4n) is 1.66. The first-order valence-electron chi connectivity index (χ1n) is 6.56. The van der Waals surface area contributed by atoms with Crippen LogP contribution in [0.1, 0.15) is 26.3 Å². The third-order valence-electron chi connectivity index (χ3n) is 2.66. The van der Waals surface area contributed by atoms with E-state index in [9.17, 15) is 13.6 Å². The molecule has 0 heterocycles. The van der Waals surface area contributed by atoms with Crippen molar-refractivity contribution in [1.82, 2.24) is 10.6 Å². The lowest BCUT2D eigenvalue weighted by Crippen LogP contribution is -2.44. The first-order valence-corrected chi connectivity index (χ1v) is 6.94. The number of alkyl halides is 2. The van der Waals surface area contributed by atoms with E-state index in [0.717, 1.165) is 0 Å². The van der Waals surface area contributed by atoms with Crippen LogP contribution in [-0.2, 0) is 11.3 Å². The van der Waals surface area contributed by atoms with E-state index in [-0.39, 0.29) is 24.2 Å². The van der Waals surface area contributed by atoms with E-state index in [1.54, 1.807) is 6.92 Å². The van der Waals surface area contributed by atoms with Gasteiger partial charge in [-0.3, -0.25) is 4.79 Å². The second kappa shape index (κ2) is 8.14. The van der Waals surface area contributed by atoms with E-state index in [1.165, 1.54) is 18.2 Å². The standard InChI is InChI=1S/C14H19ClF2N2O2/c1-8(2)19-13(20)9(3)18-7-10-6-11(15)4-5-12(10)21-14(16)17/h4-6,8-9,14,18H,7H2,1-3H3,(H,19,20). The zero-order valence-electron chi connectivity index (χ0n) is 12.1. The molecule has 0 saturated carbocycles. The van der Waals surface area contributed by atoms with Crippen LogP contribution >= 0.6 is 11.6 Å². The average molecular weight is 321 g/mol. The third-order valence-corrected chi connectivity index (χ3v) is 2.90. The van der Waals surface area contributed by atoms with Crippen LogP contribution in [0.5, 0.6) is 5.75 Å². The third kappa shape index (κ3) is 6.27. The largest absolute Gasteiger partial charge is 0.434 e. The molecule has 1 rings (SSSR count). The van der Waals surface area contributed by atoms with Crippen molar-refractivity contribution in [2.45, 2.75) is 46.0 Å². The summed E-state index contributed by atoms with van der Waals surface area (Å²) in [6.45, 7) is 2.68. The highest BCUT2D eigenvalue weighted by atomic mass is 35.5. The van der Waals surface area contributed by atoms with Crippen LogP contribution in [0.3, 0.4) is 0 Å². The first-order chi connectivity index (χ1) is 9.79. The van der Waals surface area contributed by atoms with Crippen molar-refractivity contribution in [1.29, 1.82) is 0 Å². The quantitative estimate of drug-likeness (QED) is 0.812. The zero-order valence-corrected chi connectivity index (χ0v) is 12.9. The second-order valence-electron chi connectivity index (χ2n) is 4.90. The van der Waals surface area contributed by atoms with E-state index in [0.29, 0.717) is 10.6 Å². The monoisotopic (exact) mass is 320 g/mol. The molecule has 0 aliphatic rings. The summed E-state index contributed by atoms with van der Waals surface area (Å²) in [6.07, 6.45) is 0. The molecule has 0 radical (unpaired) electrons. The van der Waals surface area contributed by atoms with Crippen molar-refractivity contribution < 1.29 is 18.3 Å². The first kappa shape index (κ1) is 17.7. The molecule has 0 fully saturated rings. The predicted molar refractivity (Wildman–Crippen MR) is 77.7 cm³/mol. The minimum absolute atomic E-state index is 0.0330. The van der Waals surface area contributed by atoms with Crippen molar-refractivity contribution in [2.24, 2.45) is 0 Å². The molecule has 0 aromatic heterocycles. The lowest BCUT2D eigenvalue weighted by Gasteiger charge is -2.17. The fraction of sp³-hybridized carbons (Fsp3) is 0.500. The van der Waals surface area contributed by atoms with Gasteiger partial charge in [0.05, 0.1) is 6.04 Å². The van der Waals surface area contributed by atoms with Gasteiger partial charge in [0.2, 0.25) is 5.91 Å². The van der Waals surface area contributed by atoms with Crippen molar-refractivity contribution in [3.8, 4) is 5.75 Å². The summed E-state index contributed by atoms with van der Waals surface area (Å²) < 4.78 is 29.1. The van der Waals surface area contributed by atoms with Gasteiger partial charge >= 0.3 is 6.61 Å². The van der Waals surface area contributed by atoms with E-state index in [2.05, 4.69) is 15.4 Å². The highest BCUT2D eigenvalue weighted by molar-refractivity contribution is 6.30. The summed E-state index contributed by atoms with van der Waals surface area (Å²) in [6, 6.07) is 3.94. The molecular formula is C14H19ClF2N2O2. The summed E-state index contributed by atoms with van der Waals surface area (Å²) in [4.78, 5) is 11.8. The molecule has 0 spiro atoms. The van der Waals surface area contributed by atoms with Crippen LogP contribution < -0.4 is 15.4 Å². The van der Waals surface area contributed by atoms with Crippen LogP contribution in [0.4, 0.5) is 8.78 Å². The van der Waals surface area contributed by atoms with Gasteiger partial charge in [-0.2, -0.15) is 8.78 Å². The summed E-state index contributed by atoms with van der Waals surface area (Å²) in [5.74, 6) is -0.123. The Kier molecular flexibility index (Phi) is 6.84. The summed E-state index contributed by atoms with van der Waals surface area (Å²) in [5.41, 5.74) is 0.465. The maximum Gasteiger partial charge on any atom is 0.387 e.